The molecule has 11 heteroatoms. The molecule has 3 aromatic heterocycles. The van der Waals surface area contributed by atoms with Gasteiger partial charge in [-0.2, -0.15) is 9.61 Å². The van der Waals surface area contributed by atoms with Crippen molar-refractivity contribution < 1.29 is 13.9 Å². The minimum atomic E-state index is -1.02. The van der Waals surface area contributed by atoms with Crippen molar-refractivity contribution in [3.8, 4) is 0 Å². The van der Waals surface area contributed by atoms with E-state index in [-0.39, 0.29) is 17.2 Å². The fourth-order valence-corrected chi connectivity index (χ4v) is 4.83. The Labute approximate surface area is 188 Å². The molecule has 6 rings (SSSR count). The average Bonchev–Trinajstić information content (AvgIpc) is 3.15. The lowest BCUT2D eigenvalue weighted by Crippen LogP contribution is -2.48. The first-order valence-electron chi connectivity index (χ1n) is 11.1. The molecule has 10 nitrogen and oxygen atoms in total. The molecule has 0 radical (unpaired) electrons. The Hall–Kier alpha value is -3.47. The van der Waals surface area contributed by atoms with E-state index in [1.165, 1.54) is 10.7 Å². The monoisotopic (exact) mass is 453 g/mol. The van der Waals surface area contributed by atoms with Crippen LogP contribution in [0.4, 0.5) is 21.7 Å². The molecule has 172 valence electrons. The molecule has 0 unspecified atom stereocenters. The normalized spacial score (nSPS) is 27.6. The van der Waals surface area contributed by atoms with Crippen molar-refractivity contribution >= 4 is 28.9 Å². The number of alkyl halides is 1. The second kappa shape index (κ2) is 7.55. The number of fused-ring (bicyclic) bond motifs is 2. The summed E-state index contributed by atoms with van der Waals surface area (Å²) < 4.78 is 22.3. The van der Waals surface area contributed by atoms with E-state index in [9.17, 15) is 14.0 Å². The minimum absolute atomic E-state index is 0.130. The zero-order chi connectivity index (χ0) is 22.7. The van der Waals surface area contributed by atoms with Gasteiger partial charge >= 0.3 is 0 Å². The van der Waals surface area contributed by atoms with Crippen LogP contribution in [-0.2, 0) is 4.74 Å². The van der Waals surface area contributed by atoms with Crippen LogP contribution < -0.4 is 21.5 Å². The van der Waals surface area contributed by atoms with Gasteiger partial charge in [-0.25, -0.2) is 9.37 Å². The number of halogens is 1. The van der Waals surface area contributed by atoms with Crippen molar-refractivity contribution in [3.63, 3.8) is 0 Å². The van der Waals surface area contributed by atoms with E-state index >= 15 is 0 Å². The quantitative estimate of drug-likeness (QED) is 0.521. The molecular formula is C22H24FN7O3. The predicted molar refractivity (Wildman–Crippen MR) is 119 cm³/mol. The lowest BCUT2D eigenvalue weighted by Gasteiger charge is -2.30. The van der Waals surface area contributed by atoms with Crippen molar-refractivity contribution in [2.45, 2.75) is 31.1 Å². The van der Waals surface area contributed by atoms with E-state index in [1.54, 1.807) is 23.7 Å². The van der Waals surface area contributed by atoms with Gasteiger partial charge in [-0.3, -0.25) is 9.59 Å². The van der Waals surface area contributed by atoms with Crippen LogP contribution in [0, 0.1) is 11.8 Å². The Bertz CT molecular complexity index is 1290. The zero-order valence-corrected chi connectivity index (χ0v) is 18.0. The SMILES string of the molecule is CNc1cc(Nc2cccn([C@H]3[C@@H]4COC[C@@H]43)c2=O)nc2c(C(=O)N[C@@H]3CC[C@@H]3F)cnn12. The lowest BCUT2D eigenvalue weighted by atomic mass is 9.90. The molecule has 33 heavy (non-hydrogen) atoms. The maximum atomic E-state index is 13.6. The number of ether oxygens (including phenoxy) is 1. The van der Waals surface area contributed by atoms with Gasteiger partial charge in [0.15, 0.2) is 5.65 Å². The summed E-state index contributed by atoms with van der Waals surface area (Å²) in [5, 5.41) is 13.1. The molecular weight excluding hydrogens is 429 g/mol. The summed E-state index contributed by atoms with van der Waals surface area (Å²) in [5.41, 5.74) is 0.810. The number of carbonyl (C=O) groups is 1. The number of anilines is 3. The van der Waals surface area contributed by atoms with Crippen LogP contribution in [0.2, 0.25) is 0 Å². The summed E-state index contributed by atoms with van der Waals surface area (Å²) in [4.78, 5) is 30.4. The van der Waals surface area contributed by atoms with Crippen molar-refractivity contribution in [2.75, 3.05) is 30.9 Å². The van der Waals surface area contributed by atoms with Crippen LogP contribution >= 0.6 is 0 Å². The number of nitrogens with zero attached hydrogens (tertiary/aromatic N) is 4. The standard InChI is InChI=1S/C22H24FN7O3/c1-24-18-7-17(26-16-3-2-6-29(22(16)32)19-12-9-33-10-13(12)19)28-20-11(8-25-30(18)20)21(31)27-15-5-4-14(15)23/h2-3,6-8,12-15,19,24H,4-5,9-10H2,1H3,(H,26,28)(H,27,31)/t12-,13+,14-,15+,19+/m0/s1. The molecule has 1 amide bonds. The Balaban J connectivity index is 1.31. The van der Waals surface area contributed by atoms with Gasteiger partial charge < -0.3 is 25.3 Å². The van der Waals surface area contributed by atoms with Gasteiger partial charge in [0.25, 0.3) is 11.5 Å². The Morgan fingerprint density at radius 1 is 1.27 bits per heavy atom. The smallest absolute Gasteiger partial charge is 0.274 e. The first kappa shape index (κ1) is 20.2. The maximum Gasteiger partial charge on any atom is 0.274 e. The maximum absolute atomic E-state index is 13.6. The van der Waals surface area contributed by atoms with E-state index in [1.807, 2.05) is 12.3 Å². The van der Waals surface area contributed by atoms with Crippen LogP contribution in [0.1, 0.15) is 29.2 Å². The molecule has 2 aliphatic carbocycles. The average molecular weight is 453 g/mol. The number of carbonyl (C=O) groups excluding carboxylic acids is 1. The van der Waals surface area contributed by atoms with Crippen molar-refractivity contribution in [2.24, 2.45) is 11.8 Å². The molecule has 0 spiro atoms. The zero-order valence-electron chi connectivity index (χ0n) is 18.0. The van der Waals surface area contributed by atoms with Crippen molar-refractivity contribution in [3.05, 3.63) is 46.5 Å². The number of aromatic nitrogens is 4. The number of nitrogens with one attached hydrogen (secondary N) is 3. The third-order valence-electron chi connectivity index (χ3n) is 6.94. The molecule has 0 bridgehead atoms. The molecule has 4 heterocycles. The number of hydrogen-bond donors (Lipinski definition) is 3. The second-order valence-corrected chi connectivity index (χ2v) is 8.86. The molecule has 1 aliphatic heterocycles. The topological polar surface area (TPSA) is 115 Å². The second-order valence-electron chi connectivity index (χ2n) is 8.86. The molecule has 1 saturated heterocycles. The molecule has 2 saturated carbocycles. The molecule has 3 aliphatic rings. The highest BCUT2D eigenvalue weighted by molar-refractivity contribution is 6.00. The van der Waals surface area contributed by atoms with Gasteiger partial charge in [-0.15, -0.1) is 0 Å². The molecule has 0 aromatic carbocycles. The van der Waals surface area contributed by atoms with E-state index in [4.69, 9.17) is 4.74 Å². The van der Waals surface area contributed by atoms with Crippen molar-refractivity contribution in [1.82, 2.24) is 24.5 Å². The van der Waals surface area contributed by atoms with Crippen LogP contribution in [0.25, 0.3) is 5.65 Å². The van der Waals surface area contributed by atoms with Crippen LogP contribution in [-0.4, -0.2) is 57.5 Å². The van der Waals surface area contributed by atoms with Gasteiger partial charge in [-0.05, 0) is 25.0 Å². The molecule has 3 aromatic rings. The predicted octanol–water partition coefficient (Wildman–Crippen LogP) is 1.72. The van der Waals surface area contributed by atoms with Crippen LogP contribution in [0.15, 0.2) is 35.4 Å². The first-order chi connectivity index (χ1) is 16.0. The summed E-state index contributed by atoms with van der Waals surface area (Å²) in [7, 11) is 1.73. The van der Waals surface area contributed by atoms with E-state index in [0.29, 0.717) is 60.9 Å². The van der Waals surface area contributed by atoms with Gasteiger partial charge in [-0.1, -0.05) is 0 Å². The van der Waals surface area contributed by atoms with Crippen molar-refractivity contribution in [1.29, 1.82) is 0 Å². The summed E-state index contributed by atoms with van der Waals surface area (Å²) >= 11 is 0. The molecule has 5 atom stereocenters. The Morgan fingerprint density at radius 2 is 2.09 bits per heavy atom. The lowest BCUT2D eigenvalue weighted by molar-refractivity contribution is 0.0826. The third-order valence-corrected chi connectivity index (χ3v) is 6.94. The first-order valence-corrected chi connectivity index (χ1v) is 11.1. The highest BCUT2D eigenvalue weighted by Crippen LogP contribution is 2.53. The highest BCUT2D eigenvalue weighted by Gasteiger charge is 2.55. The minimum Gasteiger partial charge on any atom is -0.381 e. The van der Waals surface area contributed by atoms with Gasteiger partial charge in [0.2, 0.25) is 0 Å². The fourth-order valence-electron chi connectivity index (χ4n) is 4.83. The Morgan fingerprint density at radius 3 is 2.79 bits per heavy atom. The van der Waals surface area contributed by atoms with Gasteiger partial charge in [0.05, 0.1) is 25.5 Å². The summed E-state index contributed by atoms with van der Waals surface area (Å²) in [6, 6.07) is 4.95. The Kier molecular flexibility index (Phi) is 4.61. The third kappa shape index (κ3) is 3.26. The number of amides is 1. The number of rotatable bonds is 6. The van der Waals surface area contributed by atoms with E-state index in [2.05, 4.69) is 26.0 Å². The molecule has 3 fully saturated rings. The number of hydrogen-bond acceptors (Lipinski definition) is 7. The van der Waals surface area contributed by atoms with Gasteiger partial charge in [0, 0.05) is 37.2 Å². The van der Waals surface area contributed by atoms with Crippen LogP contribution in [0.5, 0.6) is 0 Å². The fraction of sp³-hybridized carbons (Fsp3) is 0.455. The summed E-state index contributed by atoms with van der Waals surface area (Å²) in [6.45, 7) is 1.39. The van der Waals surface area contributed by atoms with E-state index < -0.39 is 18.1 Å². The largest absolute Gasteiger partial charge is 0.381 e. The summed E-state index contributed by atoms with van der Waals surface area (Å²) in [6.07, 6.45) is 3.27. The van der Waals surface area contributed by atoms with Gasteiger partial charge in [0.1, 0.15) is 29.1 Å². The van der Waals surface area contributed by atoms with E-state index in [0.717, 1.165) is 0 Å². The highest BCUT2D eigenvalue weighted by atomic mass is 19.1. The van der Waals surface area contributed by atoms with Crippen LogP contribution in [0.3, 0.4) is 0 Å². The molecule has 3 N–H and O–H groups in total. The summed E-state index contributed by atoms with van der Waals surface area (Å²) in [5.74, 6) is 1.35. The number of pyridine rings is 1.